The quantitative estimate of drug-likeness (QED) is 0.233. The largest absolute Gasteiger partial charge is 0.364 e. The summed E-state index contributed by atoms with van der Waals surface area (Å²) in [5.41, 5.74) is 5.22. The molecular weight excluding hydrogens is 332 g/mol. The Labute approximate surface area is 144 Å². The van der Waals surface area contributed by atoms with Gasteiger partial charge in [0.2, 0.25) is 0 Å². The van der Waals surface area contributed by atoms with Crippen LogP contribution >= 0.6 is 0 Å². The third kappa shape index (κ3) is 4.92. The summed E-state index contributed by atoms with van der Waals surface area (Å²) in [4.78, 5) is 42.1. The van der Waals surface area contributed by atoms with E-state index in [0.717, 1.165) is 0 Å². The van der Waals surface area contributed by atoms with Gasteiger partial charge in [-0.3, -0.25) is 19.8 Å². The van der Waals surface area contributed by atoms with Crippen molar-refractivity contribution in [1.82, 2.24) is 15.1 Å². The Balaban J connectivity index is 3.28. The fourth-order valence-corrected chi connectivity index (χ4v) is 2.60. The van der Waals surface area contributed by atoms with Crippen molar-refractivity contribution in [2.45, 2.75) is 20.0 Å². The Bertz CT molecular complexity index is 634. The second-order valence-electron chi connectivity index (χ2n) is 4.94. The van der Waals surface area contributed by atoms with E-state index in [2.05, 4.69) is 4.84 Å². The van der Waals surface area contributed by atoms with Gasteiger partial charge in [-0.1, -0.05) is 13.8 Å². The SMILES string of the molecule is CCN(CC)C1C=CC(C(=O)NC#N)=C(C(N)=O)N1CCO[N+](=O)[O-]. The number of nitriles is 1. The van der Waals surface area contributed by atoms with Crippen molar-refractivity contribution in [2.24, 2.45) is 5.73 Å². The second-order valence-corrected chi connectivity index (χ2v) is 4.94. The summed E-state index contributed by atoms with van der Waals surface area (Å²) < 4.78 is 0. The molecule has 0 fully saturated rings. The molecule has 1 aliphatic rings. The van der Waals surface area contributed by atoms with Gasteiger partial charge in [-0.2, -0.15) is 5.26 Å². The lowest BCUT2D eigenvalue weighted by Crippen LogP contribution is -2.52. The van der Waals surface area contributed by atoms with Gasteiger partial charge in [-0.25, -0.2) is 0 Å². The number of likely N-dealkylation sites (N-methyl/N-ethyl adjacent to an activating group) is 1. The molecule has 0 saturated carbocycles. The van der Waals surface area contributed by atoms with E-state index >= 15 is 0 Å². The molecule has 0 bridgehead atoms. The van der Waals surface area contributed by atoms with Crippen LogP contribution in [0.1, 0.15) is 13.8 Å². The van der Waals surface area contributed by atoms with E-state index in [4.69, 9.17) is 11.0 Å². The molecule has 0 aromatic heterocycles. The first-order valence-corrected chi connectivity index (χ1v) is 7.57. The molecule has 1 atom stereocenters. The molecule has 11 heteroatoms. The smallest absolute Gasteiger partial charge is 0.294 e. The van der Waals surface area contributed by atoms with E-state index in [1.807, 2.05) is 24.1 Å². The number of amides is 2. The van der Waals surface area contributed by atoms with E-state index in [1.165, 1.54) is 17.2 Å². The molecule has 2 amide bonds. The summed E-state index contributed by atoms with van der Waals surface area (Å²) in [6.45, 7) is 4.72. The number of carbonyl (C=O) groups excluding carboxylic acids is 2. The highest BCUT2D eigenvalue weighted by molar-refractivity contribution is 6.06. The number of primary amides is 1. The van der Waals surface area contributed by atoms with Crippen LogP contribution in [-0.4, -0.2) is 59.1 Å². The van der Waals surface area contributed by atoms with Gasteiger partial charge in [-0.15, -0.1) is 10.1 Å². The molecule has 0 radical (unpaired) electrons. The number of carbonyl (C=O) groups is 2. The van der Waals surface area contributed by atoms with Gasteiger partial charge in [-0.05, 0) is 25.2 Å². The molecule has 0 aromatic carbocycles. The fourth-order valence-electron chi connectivity index (χ4n) is 2.60. The van der Waals surface area contributed by atoms with Crippen LogP contribution in [-0.2, 0) is 14.4 Å². The van der Waals surface area contributed by atoms with E-state index in [-0.39, 0.29) is 24.4 Å². The minimum atomic E-state index is -0.941. The summed E-state index contributed by atoms with van der Waals surface area (Å²) in [5, 5.41) is 20.0. The average molecular weight is 352 g/mol. The van der Waals surface area contributed by atoms with Crippen molar-refractivity contribution in [1.29, 1.82) is 5.26 Å². The molecule has 0 aromatic rings. The van der Waals surface area contributed by atoms with Gasteiger partial charge in [0.05, 0.1) is 5.57 Å². The molecule has 1 unspecified atom stereocenters. The highest BCUT2D eigenvalue weighted by atomic mass is 16.9. The zero-order valence-electron chi connectivity index (χ0n) is 14.0. The van der Waals surface area contributed by atoms with Crippen LogP contribution in [0.3, 0.4) is 0 Å². The summed E-state index contributed by atoms with van der Waals surface area (Å²) >= 11 is 0. The first kappa shape index (κ1) is 19.9. The maximum Gasteiger partial charge on any atom is 0.294 e. The van der Waals surface area contributed by atoms with Gasteiger partial charge in [0.25, 0.3) is 16.9 Å². The standard InChI is InChI=1S/C14H20N6O5/c1-3-18(4-2)11-6-5-10(14(22)17-9-15)12(13(16)21)19(11)7-8-25-20(23)24/h5-6,11H,3-4,7-8H2,1-2H3,(H2,16,21)(H,17,22). The van der Waals surface area contributed by atoms with Crippen molar-refractivity contribution in [2.75, 3.05) is 26.2 Å². The van der Waals surface area contributed by atoms with Crippen LogP contribution in [0.2, 0.25) is 0 Å². The van der Waals surface area contributed by atoms with E-state index in [0.29, 0.717) is 13.1 Å². The zero-order valence-corrected chi connectivity index (χ0v) is 14.0. The van der Waals surface area contributed by atoms with Crippen LogP contribution in [0.25, 0.3) is 0 Å². The lowest BCUT2D eigenvalue weighted by molar-refractivity contribution is -0.757. The monoisotopic (exact) mass is 352 g/mol. The molecule has 0 spiro atoms. The summed E-state index contributed by atoms with van der Waals surface area (Å²) in [5.74, 6) is -1.67. The molecule has 3 N–H and O–H groups in total. The number of nitrogens with one attached hydrogen (secondary N) is 1. The summed E-state index contributed by atoms with van der Waals surface area (Å²) in [7, 11) is 0. The van der Waals surface area contributed by atoms with E-state index in [1.54, 1.807) is 6.08 Å². The molecular formula is C14H20N6O5. The summed E-state index contributed by atoms with van der Waals surface area (Å²) in [6, 6.07) is 0. The predicted molar refractivity (Wildman–Crippen MR) is 85.5 cm³/mol. The fraction of sp³-hybridized carbons (Fsp3) is 0.500. The molecule has 11 nitrogen and oxygen atoms in total. The minimum Gasteiger partial charge on any atom is -0.364 e. The Morgan fingerprint density at radius 1 is 1.52 bits per heavy atom. The highest BCUT2D eigenvalue weighted by Crippen LogP contribution is 2.24. The maximum absolute atomic E-state index is 12.0. The zero-order chi connectivity index (χ0) is 19.0. The van der Waals surface area contributed by atoms with Gasteiger partial charge < -0.3 is 15.5 Å². The Morgan fingerprint density at radius 2 is 2.16 bits per heavy atom. The predicted octanol–water partition coefficient (Wildman–Crippen LogP) is -0.929. The highest BCUT2D eigenvalue weighted by Gasteiger charge is 2.33. The number of nitrogens with zero attached hydrogens (tertiary/aromatic N) is 4. The minimum absolute atomic E-state index is 0.0475. The molecule has 136 valence electrons. The number of hydrogen-bond acceptors (Lipinski definition) is 8. The van der Waals surface area contributed by atoms with Gasteiger partial charge in [0.15, 0.2) is 6.19 Å². The van der Waals surface area contributed by atoms with Crippen LogP contribution in [0, 0.1) is 21.6 Å². The van der Waals surface area contributed by atoms with E-state index in [9.17, 15) is 19.7 Å². The first-order chi connectivity index (χ1) is 11.9. The number of rotatable bonds is 9. The van der Waals surface area contributed by atoms with Gasteiger partial charge in [0.1, 0.15) is 18.5 Å². The lowest BCUT2D eigenvalue weighted by Gasteiger charge is -2.41. The second kappa shape index (κ2) is 9.24. The molecule has 1 aliphatic heterocycles. The van der Waals surface area contributed by atoms with Crippen LogP contribution in [0.15, 0.2) is 23.4 Å². The molecule has 0 saturated heterocycles. The molecule has 0 aliphatic carbocycles. The Hall–Kier alpha value is -3.13. The Kier molecular flexibility index (Phi) is 7.36. The van der Waals surface area contributed by atoms with Gasteiger partial charge in [0, 0.05) is 6.54 Å². The third-order valence-electron chi connectivity index (χ3n) is 3.66. The summed E-state index contributed by atoms with van der Waals surface area (Å²) in [6.07, 6.45) is 4.13. The topological polar surface area (TPSA) is 155 Å². The molecule has 1 rings (SSSR count). The van der Waals surface area contributed by atoms with Crippen molar-refractivity contribution < 1.29 is 19.5 Å². The first-order valence-electron chi connectivity index (χ1n) is 7.57. The Morgan fingerprint density at radius 3 is 2.64 bits per heavy atom. The normalized spacial score (nSPS) is 16.6. The molecule has 1 heterocycles. The number of nitrogens with two attached hydrogens (primary N) is 1. The van der Waals surface area contributed by atoms with E-state index < -0.39 is 23.1 Å². The van der Waals surface area contributed by atoms with Crippen molar-refractivity contribution >= 4 is 11.8 Å². The average Bonchev–Trinajstić information content (AvgIpc) is 2.56. The van der Waals surface area contributed by atoms with Crippen molar-refractivity contribution in [3.05, 3.63) is 33.5 Å². The van der Waals surface area contributed by atoms with Crippen LogP contribution < -0.4 is 11.1 Å². The van der Waals surface area contributed by atoms with Crippen LogP contribution in [0.5, 0.6) is 0 Å². The lowest BCUT2D eigenvalue weighted by atomic mass is 10.0. The van der Waals surface area contributed by atoms with Crippen LogP contribution in [0.4, 0.5) is 0 Å². The van der Waals surface area contributed by atoms with Gasteiger partial charge >= 0.3 is 0 Å². The molecule has 25 heavy (non-hydrogen) atoms. The number of hydrogen-bond donors (Lipinski definition) is 2. The van der Waals surface area contributed by atoms with Crippen molar-refractivity contribution in [3.63, 3.8) is 0 Å². The third-order valence-corrected chi connectivity index (χ3v) is 3.66. The van der Waals surface area contributed by atoms with Crippen molar-refractivity contribution in [3.8, 4) is 6.19 Å². The maximum atomic E-state index is 12.0.